The monoisotopic (exact) mass is 162 g/mol. The first-order chi connectivity index (χ1) is 4.72. The highest BCUT2D eigenvalue weighted by atomic mass is 32.1. The van der Waals surface area contributed by atoms with E-state index in [-0.39, 0.29) is 18.1 Å². The van der Waals surface area contributed by atoms with Crippen LogP contribution in [0.25, 0.3) is 0 Å². The molecule has 1 aliphatic heterocycles. The fourth-order valence-electron chi connectivity index (χ4n) is 1.34. The van der Waals surface area contributed by atoms with Gasteiger partial charge in [-0.15, -0.1) is 12.6 Å². The van der Waals surface area contributed by atoms with Crippen LogP contribution in [0.1, 0.15) is 19.8 Å². The van der Waals surface area contributed by atoms with E-state index in [0.717, 1.165) is 12.8 Å². The van der Waals surface area contributed by atoms with Gasteiger partial charge >= 0.3 is 0 Å². The molecule has 0 radical (unpaired) electrons. The molecule has 3 atom stereocenters. The van der Waals surface area contributed by atoms with Crippen molar-refractivity contribution in [1.82, 2.24) is 0 Å². The number of aliphatic hydroxyl groups is 1. The number of aliphatic hydroxyl groups excluding tert-OH is 1. The van der Waals surface area contributed by atoms with Gasteiger partial charge < -0.3 is 9.84 Å². The van der Waals surface area contributed by atoms with Crippen LogP contribution >= 0.6 is 12.6 Å². The van der Waals surface area contributed by atoms with Gasteiger partial charge in [-0.3, -0.25) is 0 Å². The largest absolute Gasteiger partial charge is 0.394 e. The summed E-state index contributed by atoms with van der Waals surface area (Å²) in [4.78, 5) is 0. The predicted octanol–water partition coefficient (Wildman–Crippen LogP) is 1.05. The van der Waals surface area contributed by atoms with Crippen molar-refractivity contribution in [3.8, 4) is 0 Å². The van der Waals surface area contributed by atoms with Gasteiger partial charge in [0.15, 0.2) is 0 Å². The van der Waals surface area contributed by atoms with Gasteiger partial charge in [0.25, 0.3) is 0 Å². The molecule has 1 saturated heterocycles. The summed E-state index contributed by atoms with van der Waals surface area (Å²) in [6.45, 7) is 2.29. The maximum absolute atomic E-state index is 8.77. The Morgan fingerprint density at radius 3 is 2.80 bits per heavy atom. The third-order valence-electron chi connectivity index (χ3n) is 1.82. The Balaban J connectivity index is 2.35. The van der Waals surface area contributed by atoms with Crippen LogP contribution in [0.2, 0.25) is 0 Å². The predicted molar refractivity (Wildman–Crippen MR) is 43.1 cm³/mol. The van der Waals surface area contributed by atoms with Gasteiger partial charge in [-0.2, -0.15) is 0 Å². The highest BCUT2D eigenvalue weighted by Gasteiger charge is 2.23. The molecular formula is C7H14O2S. The quantitative estimate of drug-likeness (QED) is 0.564. The molecule has 1 fully saturated rings. The van der Waals surface area contributed by atoms with Crippen LogP contribution in [0.5, 0.6) is 0 Å². The maximum atomic E-state index is 8.77. The van der Waals surface area contributed by atoms with Crippen molar-refractivity contribution in [3.05, 3.63) is 0 Å². The molecule has 0 saturated carbocycles. The molecule has 0 aromatic carbocycles. The minimum Gasteiger partial charge on any atom is -0.394 e. The molecule has 60 valence electrons. The van der Waals surface area contributed by atoms with Crippen molar-refractivity contribution < 1.29 is 9.84 Å². The van der Waals surface area contributed by atoms with Gasteiger partial charge in [-0.25, -0.2) is 0 Å². The van der Waals surface area contributed by atoms with Crippen molar-refractivity contribution in [1.29, 1.82) is 0 Å². The van der Waals surface area contributed by atoms with E-state index in [0.29, 0.717) is 5.92 Å². The van der Waals surface area contributed by atoms with Gasteiger partial charge in [0.2, 0.25) is 0 Å². The second-order valence-electron chi connectivity index (χ2n) is 2.97. The third kappa shape index (κ3) is 2.15. The molecule has 1 rings (SSSR count). The van der Waals surface area contributed by atoms with Gasteiger partial charge in [-0.05, 0) is 18.8 Å². The Labute approximate surface area is 67.0 Å². The molecule has 1 aliphatic rings. The maximum Gasteiger partial charge on any atom is 0.101 e. The summed E-state index contributed by atoms with van der Waals surface area (Å²) < 4.78 is 5.32. The van der Waals surface area contributed by atoms with E-state index in [1.807, 2.05) is 0 Å². The zero-order valence-electron chi connectivity index (χ0n) is 6.16. The standard InChI is InChI=1S/C7H14O2S/c1-5-2-6(4-8)9-7(10)3-5/h5-8,10H,2-4H2,1H3. The van der Waals surface area contributed by atoms with Crippen molar-refractivity contribution in [2.75, 3.05) is 6.61 Å². The van der Waals surface area contributed by atoms with Crippen molar-refractivity contribution in [2.24, 2.45) is 5.92 Å². The van der Waals surface area contributed by atoms with Gasteiger partial charge in [0.05, 0.1) is 12.7 Å². The van der Waals surface area contributed by atoms with Gasteiger partial charge in [0.1, 0.15) is 5.44 Å². The second kappa shape index (κ2) is 3.60. The average Bonchev–Trinajstić information content (AvgIpc) is 1.85. The van der Waals surface area contributed by atoms with E-state index >= 15 is 0 Å². The Morgan fingerprint density at radius 2 is 2.30 bits per heavy atom. The van der Waals surface area contributed by atoms with Crippen LogP contribution in [0.3, 0.4) is 0 Å². The number of hydrogen-bond acceptors (Lipinski definition) is 3. The smallest absolute Gasteiger partial charge is 0.101 e. The van der Waals surface area contributed by atoms with E-state index in [1.54, 1.807) is 0 Å². The summed E-state index contributed by atoms with van der Waals surface area (Å²) in [5.74, 6) is 0.633. The van der Waals surface area contributed by atoms with Crippen LogP contribution < -0.4 is 0 Å². The van der Waals surface area contributed by atoms with Crippen LogP contribution in [0.15, 0.2) is 0 Å². The van der Waals surface area contributed by atoms with Gasteiger partial charge in [-0.1, -0.05) is 6.92 Å². The molecule has 0 spiro atoms. The van der Waals surface area contributed by atoms with E-state index in [4.69, 9.17) is 9.84 Å². The van der Waals surface area contributed by atoms with Crippen molar-refractivity contribution in [2.45, 2.75) is 31.3 Å². The lowest BCUT2D eigenvalue weighted by molar-refractivity contribution is -0.0495. The van der Waals surface area contributed by atoms with E-state index < -0.39 is 0 Å². The first kappa shape index (κ1) is 8.37. The van der Waals surface area contributed by atoms with E-state index in [2.05, 4.69) is 19.6 Å². The fourth-order valence-corrected chi connectivity index (χ4v) is 1.87. The topological polar surface area (TPSA) is 29.5 Å². The van der Waals surface area contributed by atoms with E-state index in [9.17, 15) is 0 Å². The molecule has 0 aromatic heterocycles. The second-order valence-corrected chi connectivity index (χ2v) is 3.55. The normalized spacial score (nSPS) is 41.7. The summed E-state index contributed by atoms with van der Waals surface area (Å²) in [5, 5.41) is 8.77. The third-order valence-corrected chi connectivity index (χ3v) is 2.15. The Hall–Kier alpha value is 0.270. The molecular weight excluding hydrogens is 148 g/mol. The lowest BCUT2D eigenvalue weighted by Crippen LogP contribution is -2.31. The SMILES string of the molecule is CC1CC(S)OC(CO)C1. The zero-order chi connectivity index (χ0) is 7.56. The van der Waals surface area contributed by atoms with E-state index in [1.165, 1.54) is 0 Å². The number of rotatable bonds is 1. The average molecular weight is 162 g/mol. The summed E-state index contributed by atoms with van der Waals surface area (Å²) in [6.07, 6.45) is 1.99. The zero-order valence-corrected chi connectivity index (χ0v) is 7.05. The molecule has 0 amide bonds. The van der Waals surface area contributed by atoms with Crippen molar-refractivity contribution >= 4 is 12.6 Å². The lowest BCUT2D eigenvalue weighted by Gasteiger charge is -2.30. The Bertz CT molecular complexity index is 97.8. The summed E-state index contributed by atoms with van der Waals surface area (Å²) in [6, 6.07) is 0. The highest BCUT2D eigenvalue weighted by Crippen LogP contribution is 2.25. The number of thiol groups is 1. The molecule has 10 heavy (non-hydrogen) atoms. The van der Waals surface area contributed by atoms with Crippen LogP contribution in [-0.2, 0) is 4.74 Å². The van der Waals surface area contributed by atoms with Crippen LogP contribution in [0.4, 0.5) is 0 Å². The molecule has 1 heterocycles. The molecule has 3 heteroatoms. The lowest BCUT2D eigenvalue weighted by atomic mass is 9.98. The number of hydrogen-bond donors (Lipinski definition) is 2. The molecule has 0 aliphatic carbocycles. The molecule has 3 unspecified atom stereocenters. The number of ether oxygens (including phenoxy) is 1. The highest BCUT2D eigenvalue weighted by molar-refractivity contribution is 7.80. The Morgan fingerprint density at radius 1 is 1.60 bits per heavy atom. The molecule has 2 nitrogen and oxygen atoms in total. The summed E-state index contributed by atoms with van der Waals surface area (Å²) in [7, 11) is 0. The minimum atomic E-state index is 0.0197. The molecule has 0 aromatic rings. The summed E-state index contributed by atoms with van der Waals surface area (Å²) in [5.41, 5.74) is 0.0286. The fraction of sp³-hybridized carbons (Fsp3) is 1.00. The molecule has 0 bridgehead atoms. The first-order valence-corrected chi connectivity index (χ1v) is 4.18. The minimum absolute atomic E-state index is 0.0197. The molecule has 1 N–H and O–H groups in total. The first-order valence-electron chi connectivity index (χ1n) is 3.66. The van der Waals surface area contributed by atoms with Crippen LogP contribution in [0, 0.1) is 5.92 Å². The van der Waals surface area contributed by atoms with Crippen LogP contribution in [-0.4, -0.2) is 23.3 Å². The Kier molecular flexibility index (Phi) is 3.01. The van der Waals surface area contributed by atoms with Crippen molar-refractivity contribution in [3.63, 3.8) is 0 Å². The van der Waals surface area contributed by atoms with Gasteiger partial charge in [0, 0.05) is 0 Å². The summed E-state index contributed by atoms with van der Waals surface area (Å²) >= 11 is 4.20.